The molecule has 0 amide bonds. The van der Waals surface area contributed by atoms with Crippen LogP contribution in [0.3, 0.4) is 0 Å². The van der Waals surface area contributed by atoms with Crippen molar-refractivity contribution in [3.05, 3.63) is 48.3 Å². The summed E-state index contributed by atoms with van der Waals surface area (Å²) in [6, 6.07) is 9.22. The smallest absolute Gasteiger partial charge is 0.178 e. The van der Waals surface area contributed by atoms with E-state index in [1.165, 1.54) is 0 Å². The second-order valence-corrected chi connectivity index (χ2v) is 10.3. The van der Waals surface area contributed by atoms with Crippen molar-refractivity contribution < 1.29 is 13.7 Å². The van der Waals surface area contributed by atoms with Crippen molar-refractivity contribution in [1.82, 2.24) is 9.78 Å². The van der Waals surface area contributed by atoms with Crippen molar-refractivity contribution in [3.63, 3.8) is 0 Å². The van der Waals surface area contributed by atoms with Crippen molar-refractivity contribution >= 4 is 31.9 Å². The van der Waals surface area contributed by atoms with Gasteiger partial charge in [0.15, 0.2) is 5.78 Å². The molecule has 1 aromatic heterocycles. The van der Waals surface area contributed by atoms with Crippen LogP contribution in [0.2, 0.25) is 0 Å². The average molecular weight is 375 g/mol. The molecule has 0 saturated heterocycles. The lowest BCUT2D eigenvalue weighted by atomic mass is 9.88. The molecular weight excluding hydrogens is 348 g/mol. The third-order valence-corrected chi connectivity index (χ3v) is 5.16. The second kappa shape index (κ2) is 7.50. The van der Waals surface area contributed by atoms with E-state index in [9.17, 15) is 9.00 Å². The number of rotatable bonds is 5. The first kappa shape index (κ1) is 20.0. The summed E-state index contributed by atoms with van der Waals surface area (Å²) in [5.41, 5.74) is 0.727. The number of ketones is 1. The summed E-state index contributed by atoms with van der Waals surface area (Å²) in [4.78, 5) is 13.4. The van der Waals surface area contributed by atoms with Crippen LogP contribution >= 0.6 is 0 Å². The Hall–Kier alpha value is -2.34. The lowest BCUT2D eigenvalue weighted by molar-refractivity contribution is -0.119. The van der Waals surface area contributed by atoms with Gasteiger partial charge >= 0.3 is 0 Å². The highest BCUT2D eigenvalue weighted by atomic mass is 32.2. The fourth-order valence-corrected chi connectivity index (χ4v) is 3.85. The minimum Gasteiger partial charge on any atom is -0.497 e. The monoisotopic (exact) mass is 374 g/mol. The molecule has 26 heavy (non-hydrogen) atoms. The van der Waals surface area contributed by atoms with Gasteiger partial charge in [0.25, 0.3) is 0 Å². The molecule has 0 unspecified atom stereocenters. The summed E-state index contributed by atoms with van der Waals surface area (Å²) < 4.78 is 19.8. The minimum absolute atomic E-state index is 0.150. The molecule has 0 radical (unpaired) electrons. The van der Waals surface area contributed by atoms with Crippen LogP contribution in [-0.4, -0.2) is 44.3 Å². The number of aromatic nitrogens is 2. The molecule has 6 heteroatoms. The topological polar surface area (TPSA) is 61.2 Å². The number of hydrogen-bond donors (Lipinski definition) is 0. The molecule has 0 aliphatic carbocycles. The summed E-state index contributed by atoms with van der Waals surface area (Å²) in [7, 11) is -0.934. The maximum absolute atomic E-state index is 13.1. The maximum Gasteiger partial charge on any atom is 0.178 e. The molecule has 2 rings (SSSR count). The van der Waals surface area contributed by atoms with Crippen LogP contribution in [0.15, 0.2) is 42.7 Å². The van der Waals surface area contributed by atoms with Gasteiger partial charge in [-0.05, 0) is 39.4 Å². The number of benzene rings is 1. The third-order valence-electron chi connectivity index (χ3n) is 3.78. The van der Waals surface area contributed by atoms with Gasteiger partial charge in [0.2, 0.25) is 0 Å². The lowest BCUT2D eigenvalue weighted by Gasteiger charge is -2.22. The molecule has 0 saturated carbocycles. The Morgan fingerprint density at radius 3 is 2.23 bits per heavy atom. The zero-order valence-corrected chi connectivity index (χ0v) is 17.0. The quantitative estimate of drug-likeness (QED) is 0.595. The molecule has 1 heterocycles. The zero-order valence-electron chi connectivity index (χ0n) is 16.1. The first-order valence-electron chi connectivity index (χ1n) is 8.26. The summed E-state index contributed by atoms with van der Waals surface area (Å²) in [6.45, 7) is 5.48. The molecule has 1 aromatic carbocycles. The fourth-order valence-electron chi connectivity index (χ4n) is 2.44. The first-order chi connectivity index (χ1) is 12.0. The van der Waals surface area contributed by atoms with Crippen LogP contribution in [0.25, 0.3) is 11.8 Å². The first-order valence-corrected chi connectivity index (χ1v) is 10.6. The number of hydrogen-bond acceptors (Lipinski definition) is 4. The Morgan fingerprint density at radius 1 is 1.19 bits per heavy atom. The number of carbonyl (C=O) groups excluding carboxylic acids is 1. The van der Waals surface area contributed by atoms with E-state index in [2.05, 4.69) is 5.10 Å². The molecule has 0 spiro atoms. The van der Waals surface area contributed by atoms with E-state index < -0.39 is 14.9 Å². The van der Waals surface area contributed by atoms with E-state index in [0.717, 1.165) is 11.3 Å². The van der Waals surface area contributed by atoms with Crippen molar-refractivity contribution in [1.29, 1.82) is 0 Å². The minimum atomic E-state index is -2.54. The van der Waals surface area contributed by atoms with Crippen molar-refractivity contribution in [3.8, 4) is 5.75 Å². The summed E-state index contributed by atoms with van der Waals surface area (Å²) >= 11 is 0. The predicted molar refractivity (Wildman–Crippen MR) is 109 cm³/mol. The van der Waals surface area contributed by atoms with Crippen LogP contribution < -0.4 is 4.74 Å². The van der Waals surface area contributed by atoms with Crippen molar-refractivity contribution in [2.75, 3.05) is 19.6 Å². The molecule has 5 nitrogen and oxygen atoms in total. The largest absolute Gasteiger partial charge is 0.497 e. The molecule has 0 atom stereocenters. The average Bonchev–Trinajstić information content (AvgIpc) is 3.07. The maximum atomic E-state index is 13.1. The van der Waals surface area contributed by atoms with E-state index in [-0.39, 0.29) is 5.78 Å². The van der Waals surface area contributed by atoms with E-state index in [1.807, 2.05) is 51.1 Å². The highest BCUT2D eigenvalue weighted by Gasteiger charge is 2.31. The molecule has 2 aromatic rings. The van der Waals surface area contributed by atoms with E-state index in [1.54, 1.807) is 42.8 Å². The molecule has 140 valence electrons. The van der Waals surface area contributed by atoms with Gasteiger partial charge in [0.05, 0.1) is 17.7 Å². The molecule has 0 fully saturated rings. The van der Waals surface area contributed by atoms with Crippen LogP contribution in [0.4, 0.5) is 0 Å². The molecule has 0 N–H and O–H groups in total. The molecule has 0 bridgehead atoms. The fraction of sp³-hybridized carbons (Fsp3) is 0.350. The summed E-state index contributed by atoms with van der Waals surface area (Å²) in [6.07, 6.45) is 8.40. The number of nitrogens with zero attached hydrogens (tertiary/aromatic N) is 2. The Morgan fingerprint density at radius 2 is 1.81 bits per heavy atom. The van der Waals surface area contributed by atoms with Gasteiger partial charge in [-0.15, -0.1) is 0 Å². The number of ether oxygens (including phenoxy) is 1. The number of carbonyl (C=O) groups is 1. The van der Waals surface area contributed by atoms with Gasteiger partial charge < -0.3 is 4.74 Å². The van der Waals surface area contributed by atoms with Crippen LogP contribution in [0.1, 0.15) is 26.3 Å². The van der Waals surface area contributed by atoms with Gasteiger partial charge in [-0.1, -0.05) is 32.9 Å². The predicted octanol–water partition coefficient (Wildman–Crippen LogP) is 3.22. The van der Waals surface area contributed by atoms with E-state index in [4.69, 9.17) is 4.74 Å². The SMILES string of the molecule is COc1ccc(/C=C(\C(C(=O)C(C)(C)C)=S(C)(C)=O)n2cccn2)cc1. The van der Waals surface area contributed by atoms with Crippen LogP contribution in [0, 0.1) is 5.41 Å². The highest BCUT2D eigenvalue weighted by molar-refractivity contribution is 8.03. The standard InChI is InChI=1S/C20H26N2O3S/c1-20(2,3)19(23)18(26(5,6)24)17(22-13-7-12-21-22)14-15-8-10-16(25-4)11-9-15/h7-14H,1-6H3/b17-14+. The normalized spacial score (nSPS) is 12.8. The van der Waals surface area contributed by atoms with Crippen molar-refractivity contribution in [2.45, 2.75) is 20.8 Å². The zero-order chi connectivity index (χ0) is 19.5. The Kier molecular flexibility index (Phi) is 5.76. The van der Waals surface area contributed by atoms with Crippen LogP contribution in [-0.2, 0) is 14.3 Å². The van der Waals surface area contributed by atoms with Gasteiger partial charge in [-0.3, -0.25) is 9.00 Å². The second-order valence-electron chi connectivity index (χ2n) is 7.39. The van der Waals surface area contributed by atoms with E-state index in [0.29, 0.717) is 10.6 Å². The van der Waals surface area contributed by atoms with Gasteiger partial charge in [-0.25, -0.2) is 4.68 Å². The third kappa shape index (κ3) is 4.64. The van der Waals surface area contributed by atoms with Gasteiger partial charge in [0, 0.05) is 30.3 Å². The number of allylic oxidation sites excluding steroid dienone is 1. The Bertz CT molecular complexity index is 916. The highest BCUT2D eigenvalue weighted by Crippen LogP contribution is 2.24. The Balaban J connectivity index is 2.73. The van der Waals surface area contributed by atoms with Crippen molar-refractivity contribution in [2.24, 2.45) is 5.41 Å². The lowest BCUT2D eigenvalue weighted by Crippen LogP contribution is -2.35. The molecule has 0 aliphatic rings. The van der Waals surface area contributed by atoms with Crippen LogP contribution in [0.5, 0.6) is 5.75 Å². The molecule has 0 aliphatic heterocycles. The summed E-state index contributed by atoms with van der Waals surface area (Å²) in [5.74, 6) is 0.593. The van der Waals surface area contributed by atoms with Gasteiger partial charge in [0.1, 0.15) is 5.75 Å². The van der Waals surface area contributed by atoms with Gasteiger partial charge in [-0.2, -0.15) is 5.10 Å². The summed E-state index contributed by atoms with van der Waals surface area (Å²) in [5, 5.41) is 4.27. The van der Waals surface area contributed by atoms with E-state index >= 15 is 0 Å². The Labute approximate surface area is 155 Å². The number of Topliss-reactive ketones (excluding diaryl/α,β-unsaturated/α-hetero) is 1. The molecular formula is C20H26N2O3S. The number of methoxy groups -OCH3 is 1.